The van der Waals surface area contributed by atoms with Crippen LogP contribution in [0.15, 0.2) is 35.7 Å². The Kier molecular flexibility index (Phi) is 9.88. The summed E-state index contributed by atoms with van der Waals surface area (Å²) >= 11 is 1.37. The number of carbonyl (C=O) groups excluding carboxylic acids is 2. The van der Waals surface area contributed by atoms with Gasteiger partial charge in [0.1, 0.15) is 10.6 Å². The van der Waals surface area contributed by atoms with Crippen molar-refractivity contribution in [2.24, 2.45) is 0 Å². The molecule has 1 aromatic carbocycles. The summed E-state index contributed by atoms with van der Waals surface area (Å²) in [5.74, 6) is -0.499. The Bertz CT molecular complexity index is 766. The number of unbranched alkanes of at least 4 members (excludes halogenated alkanes) is 2. The Morgan fingerprint density at radius 3 is 2.28 bits per heavy atom. The second-order valence-corrected chi connectivity index (χ2v) is 7.85. The molecular formula is C23H32N2O3S. The summed E-state index contributed by atoms with van der Waals surface area (Å²) in [6.45, 7) is 8.53. The van der Waals surface area contributed by atoms with E-state index in [1.54, 1.807) is 6.92 Å². The third kappa shape index (κ3) is 6.98. The van der Waals surface area contributed by atoms with Crippen molar-refractivity contribution in [3.8, 4) is 11.1 Å². The first kappa shape index (κ1) is 23.1. The highest BCUT2D eigenvalue weighted by Crippen LogP contribution is 2.36. The van der Waals surface area contributed by atoms with Gasteiger partial charge in [-0.05, 0) is 38.4 Å². The van der Waals surface area contributed by atoms with E-state index in [9.17, 15) is 9.59 Å². The molecule has 0 radical (unpaired) electrons. The van der Waals surface area contributed by atoms with Crippen molar-refractivity contribution in [3.05, 3.63) is 41.3 Å². The number of ether oxygens (including phenoxy) is 1. The predicted octanol–water partition coefficient (Wildman–Crippen LogP) is 5.43. The molecule has 0 unspecified atom stereocenters. The molecule has 0 saturated carbocycles. The summed E-state index contributed by atoms with van der Waals surface area (Å²) in [7, 11) is 0. The number of nitrogens with one attached hydrogen (secondary N) is 1. The maximum Gasteiger partial charge on any atom is 0.341 e. The highest BCUT2D eigenvalue weighted by atomic mass is 32.1. The number of hydrogen-bond donors (Lipinski definition) is 1. The fraction of sp³-hybridized carbons (Fsp3) is 0.478. The molecule has 0 bridgehead atoms. The Labute approximate surface area is 178 Å². The summed E-state index contributed by atoms with van der Waals surface area (Å²) < 4.78 is 5.26. The zero-order valence-electron chi connectivity index (χ0n) is 17.7. The van der Waals surface area contributed by atoms with Crippen molar-refractivity contribution >= 4 is 28.2 Å². The molecule has 6 heteroatoms. The molecule has 1 heterocycles. The SMILES string of the molecule is CCCCN(CCCC)CC(=O)Nc1scc(-c2ccccc2)c1C(=O)OCC. The second kappa shape index (κ2) is 12.4. The van der Waals surface area contributed by atoms with Crippen LogP contribution in [0.3, 0.4) is 0 Å². The average Bonchev–Trinajstić information content (AvgIpc) is 3.14. The lowest BCUT2D eigenvalue weighted by Gasteiger charge is -2.21. The Hall–Kier alpha value is -2.18. The third-order valence-corrected chi connectivity index (χ3v) is 5.53. The van der Waals surface area contributed by atoms with Crippen LogP contribution in [-0.2, 0) is 9.53 Å². The summed E-state index contributed by atoms with van der Waals surface area (Å²) in [5, 5.41) is 5.42. The Morgan fingerprint density at radius 1 is 1.03 bits per heavy atom. The van der Waals surface area contributed by atoms with Gasteiger partial charge in [0.25, 0.3) is 0 Å². The van der Waals surface area contributed by atoms with Crippen LogP contribution in [0.2, 0.25) is 0 Å². The van der Waals surface area contributed by atoms with Gasteiger partial charge < -0.3 is 10.1 Å². The van der Waals surface area contributed by atoms with Gasteiger partial charge in [0, 0.05) is 10.9 Å². The number of esters is 1. The first-order valence-corrected chi connectivity index (χ1v) is 11.3. The first-order valence-electron chi connectivity index (χ1n) is 10.5. The highest BCUT2D eigenvalue weighted by Gasteiger charge is 2.23. The van der Waals surface area contributed by atoms with E-state index in [1.807, 2.05) is 35.7 Å². The Balaban J connectivity index is 2.19. The smallest absolute Gasteiger partial charge is 0.341 e. The number of rotatable bonds is 12. The Morgan fingerprint density at radius 2 is 1.69 bits per heavy atom. The highest BCUT2D eigenvalue weighted by molar-refractivity contribution is 7.15. The molecular weight excluding hydrogens is 384 g/mol. The van der Waals surface area contributed by atoms with Gasteiger partial charge in [-0.25, -0.2) is 4.79 Å². The molecule has 2 rings (SSSR count). The van der Waals surface area contributed by atoms with E-state index in [0.717, 1.165) is 49.9 Å². The predicted molar refractivity (Wildman–Crippen MR) is 121 cm³/mol. The van der Waals surface area contributed by atoms with E-state index in [1.165, 1.54) is 11.3 Å². The molecule has 1 amide bonds. The normalized spacial score (nSPS) is 10.9. The van der Waals surface area contributed by atoms with E-state index < -0.39 is 5.97 Å². The zero-order chi connectivity index (χ0) is 21.1. The lowest BCUT2D eigenvalue weighted by Crippen LogP contribution is -2.34. The molecule has 158 valence electrons. The van der Waals surface area contributed by atoms with Gasteiger partial charge in [-0.3, -0.25) is 9.69 Å². The minimum Gasteiger partial charge on any atom is -0.462 e. The van der Waals surface area contributed by atoms with Gasteiger partial charge in [-0.1, -0.05) is 57.0 Å². The fourth-order valence-electron chi connectivity index (χ4n) is 3.09. The van der Waals surface area contributed by atoms with Crippen LogP contribution in [0.5, 0.6) is 0 Å². The van der Waals surface area contributed by atoms with Crippen LogP contribution in [0.25, 0.3) is 11.1 Å². The number of nitrogens with zero attached hydrogens (tertiary/aromatic N) is 1. The summed E-state index contributed by atoms with van der Waals surface area (Å²) in [4.78, 5) is 27.6. The van der Waals surface area contributed by atoms with Gasteiger partial charge in [0.15, 0.2) is 0 Å². The van der Waals surface area contributed by atoms with Crippen LogP contribution in [0, 0.1) is 0 Å². The number of hydrogen-bond acceptors (Lipinski definition) is 5. The topological polar surface area (TPSA) is 58.6 Å². The molecule has 0 spiro atoms. The number of amides is 1. The number of carbonyl (C=O) groups is 2. The van der Waals surface area contributed by atoms with Crippen molar-refractivity contribution in [1.29, 1.82) is 0 Å². The van der Waals surface area contributed by atoms with E-state index in [-0.39, 0.29) is 12.5 Å². The fourth-order valence-corrected chi connectivity index (χ4v) is 4.06. The van der Waals surface area contributed by atoms with Gasteiger partial charge in [-0.15, -0.1) is 11.3 Å². The lowest BCUT2D eigenvalue weighted by molar-refractivity contribution is -0.117. The molecule has 5 nitrogen and oxygen atoms in total. The van der Waals surface area contributed by atoms with E-state index >= 15 is 0 Å². The van der Waals surface area contributed by atoms with Crippen LogP contribution in [0.4, 0.5) is 5.00 Å². The minimum atomic E-state index is -0.406. The molecule has 0 fully saturated rings. The number of benzene rings is 1. The van der Waals surface area contributed by atoms with Crippen molar-refractivity contribution in [2.75, 3.05) is 31.6 Å². The first-order chi connectivity index (χ1) is 14.1. The average molecular weight is 417 g/mol. The van der Waals surface area contributed by atoms with E-state index in [4.69, 9.17) is 4.74 Å². The summed E-state index contributed by atoms with van der Waals surface area (Å²) in [6.07, 6.45) is 4.34. The van der Waals surface area contributed by atoms with Crippen LogP contribution < -0.4 is 5.32 Å². The van der Waals surface area contributed by atoms with Crippen LogP contribution in [0.1, 0.15) is 56.8 Å². The lowest BCUT2D eigenvalue weighted by atomic mass is 10.0. The second-order valence-electron chi connectivity index (χ2n) is 6.97. The van der Waals surface area contributed by atoms with Crippen LogP contribution in [-0.4, -0.2) is 43.0 Å². The van der Waals surface area contributed by atoms with Crippen LogP contribution >= 0.6 is 11.3 Å². The number of anilines is 1. The van der Waals surface area contributed by atoms with Gasteiger partial charge in [0.2, 0.25) is 5.91 Å². The minimum absolute atomic E-state index is 0.0933. The quantitative estimate of drug-likeness (QED) is 0.469. The summed E-state index contributed by atoms with van der Waals surface area (Å²) in [5.41, 5.74) is 2.16. The van der Waals surface area contributed by atoms with Crippen molar-refractivity contribution < 1.29 is 14.3 Å². The summed E-state index contributed by atoms with van der Waals surface area (Å²) in [6, 6.07) is 9.70. The molecule has 1 aromatic heterocycles. The molecule has 0 atom stereocenters. The molecule has 29 heavy (non-hydrogen) atoms. The van der Waals surface area contributed by atoms with Gasteiger partial charge >= 0.3 is 5.97 Å². The van der Waals surface area contributed by atoms with Crippen molar-refractivity contribution in [2.45, 2.75) is 46.5 Å². The third-order valence-electron chi connectivity index (χ3n) is 4.63. The van der Waals surface area contributed by atoms with Crippen molar-refractivity contribution in [1.82, 2.24) is 4.90 Å². The zero-order valence-corrected chi connectivity index (χ0v) is 18.5. The molecule has 0 aliphatic heterocycles. The van der Waals surface area contributed by atoms with Gasteiger partial charge in [0.05, 0.1) is 13.2 Å². The monoisotopic (exact) mass is 416 g/mol. The maximum atomic E-state index is 12.7. The molecule has 2 aromatic rings. The molecule has 0 aliphatic rings. The molecule has 1 N–H and O–H groups in total. The van der Waals surface area contributed by atoms with Gasteiger partial charge in [-0.2, -0.15) is 0 Å². The van der Waals surface area contributed by atoms with E-state index in [0.29, 0.717) is 17.1 Å². The largest absolute Gasteiger partial charge is 0.462 e. The molecule has 0 aliphatic carbocycles. The standard InChI is InChI=1S/C23H32N2O3S/c1-4-7-14-25(15-8-5-2)16-20(26)24-22-21(23(27)28-6-3)19(17-29-22)18-12-10-9-11-13-18/h9-13,17H,4-8,14-16H2,1-3H3,(H,24,26). The number of thiophene rings is 1. The van der Waals surface area contributed by atoms with E-state index in [2.05, 4.69) is 24.1 Å². The van der Waals surface area contributed by atoms with Crippen molar-refractivity contribution in [3.63, 3.8) is 0 Å². The maximum absolute atomic E-state index is 12.7. The molecule has 0 saturated heterocycles.